The van der Waals surface area contributed by atoms with Crippen molar-refractivity contribution in [3.63, 3.8) is 0 Å². The first-order valence-electron chi connectivity index (χ1n) is 8.54. The lowest BCUT2D eigenvalue weighted by molar-refractivity contribution is 0.0784. The Morgan fingerprint density at radius 1 is 1.15 bits per heavy atom. The highest BCUT2D eigenvalue weighted by atomic mass is 35.5. The predicted molar refractivity (Wildman–Crippen MR) is 109 cm³/mol. The molecular weight excluding hydrogens is 384 g/mol. The number of carbonyl (C=O) groups excluding carboxylic acids is 1. The van der Waals surface area contributed by atoms with Crippen LogP contribution in [0.1, 0.15) is 42.3 Å². The van der Waals surface area contributed by atoms with Crippen molar-refractivity contribution in [2.75, 3.05) is 7.05 Å². The Labute approximate surface area is 166 Å². The molecule has 0 heterocycles. The fourth-order valence-corrected chi connectivity index (χ4v) is 4.58. The largest absolute Gasteiger partial charge is 0.337 e. The van der Waals surface area contributed by atoms with Gasteiger partial charge in [-0.15, -0.1) is 0 Å². The van der Waals surface area contributed by atoms with Crippen LogP contribution in [0.3, 0.4) is 0 Å². The number of nitrogens with zero attached hydrogens (tertiary/aromatic N) is 1. The molecule has 2 aromatic carbocycles. The van der Waals surface area contributed by atoms with Crippen LogP contribution in [0.2, 0.25) is 5.02 Å². The zero-order valence-corrected chi connectivity index (χ0v) is 17.8. The van der Waals surface area contributed by atoms with Crippen LogP contribution >= 0.6 is 11.6 Å². The van der Waals surface area contributed by atoms with Gasteiger partial charge in [-0.2, -0.15) is 0 Å². The summed E-state index contributed by atoms with van der Waals surface area (Å²) in [6, 6.07) is 12.1. The maximum Gasteiger partial charge on any atom is 0.253 e. The van der Waals surface area contributed by atoms with Gasteiger partial charge in [0.15, 0.2) is 0 Å². The van der Waals surface area contributed by atoms with Gasteiger partial charge in [0.2, 0.25) is 10.0 Å². The van der Waals surface area contributed by atoms with Gasteiger partial charge in [0.05, 0.1) is 5.02 Å². The van der Waals surface area contributed by atoms with E-state index in [9.17, 15) is 13.2 Å². The Morgan fingerprint density at radius 3 is 2.37 bits per heavy atom. The van der Waals surface area contributed by atoms with Gasteiger partial charge in [0, 0.05) is 24.7 Å². The fourth-order valence-electron chi connectivity index (χ4n) is 2.64. The van der Waals surface area contributed by atoms with Crippen molar-refractivity contribution in [3.05, 3.63) is 64.2 Å². The fraction of sp³-hybridized carbons (Fsp3) is 0.350. The summed E-state index contributed by atoms with van der Waals surface area (Å²) in [5.74, 6) is -0.276. The Bertz CT molecular complexity index is 950. The molecule has 1 amide bonds. The second-order valence-corrected chi connectivity index (χ2v) is 9.65. The molecule has 0 fully saturated rings. The molecule has 0 aliphatic rings. The van der Waals surface area contributed by atoms with Crippen molar-refractivity contribution in [1.29, 1.82) is 0 Å². The summed E-state index contributed by atoms with van der Waals surface area (Å²) in [4.78, 5) is 14.3. The highest BCUT2D eigenvalue weighted by Crippen LogP contribution is 2.25. The number of rotatable bonds is 5. The van der Waals surface area contributed by atoms with E-state index in [1.165, 1.54) is 18.2 Å². The van der Waals surface area contributed by atoms with Gasteiger partial charge >= 0.3 is 0 Å². The molecule has 1 N–H and O–H groups in total. The lowest BCUT2D eigenvalue weighted by Crippen LogP contribution is -2.40. The molecule has 2 aromatic rings. The molecule has 27 heavy (non-hydrogen) atoms. The average Bonchev–Trinajstić information content (AvgIpc) is 2.54. The number of nitrogens with one attached hydrogen (secondary N) is 1. The zero-order valence-electron chi connectivity index (χ0n) is 16.2. The Morgan fingerprint density at radius 2 is 1.78 bits per heavy atom. The number of sulfonamides is 1. The molecule has 0 unspecified atom stereocenters. The molecule has 5 nitrogen and oxygen atoms in total. The maximum absolute atomic E-state index is 12.8. The number of hydrogen-bond acceptors (Lipinski definition) is 3. The maximum atomic E-state index is 12.8. The molecule has 0 aromatic heterocycles. The SMILES string of the molecule is Cc1ccccc1CN(C)C(=O)c1ccc(Cl)c(S(=O)(=O)NC(C)(C)C)c1. The van der Waals surface area contributed by atoms with Crippen molar-refractivity contribution in [2.24, 2.45) is 0 Å². The van der Waals surface area contributed by atoms with Crippen molar-refractivity contribution in [2.45, 2.75) is 44.7 Å². The topological polar surface area (TPSA) is 66.5 Å². The van der Waals surface area contributed by atoms with Crippen LogP contribution in [0, 0.1) is 6.92 Å². The van der Waals surface area contributed by atoms with E-state index in [4.69, 9.17) is 11.6 Å². The number of amides is 1. The molecule has 0 radical (unpaired) electrons. The van der Waals surface area contributed by atoms with Crippen LogP contribution in [-0.2, 0) is 16.6 Å². The zero-order chi connectivity index (χ0) is 20.4. The van der Waals surface area contributed by atoms with E-state index in [0.29, 0.717) is 6.54 Å². The third-order valence-corrected chi connectivity index (χ3v) is 6.16. The summed E-state index contributed by atoms with van der Waals surface area (Å²) in [6.07, 6.45) is 0. The van der Waals surface area contributed by atoms with E-state index in [0.717, 1.165) is 11.1 Å². The van der Waals surface area contributed by atoms with Gasteiger partial charge < -0.3 is 4.90 Å². The van der Waals surface area contributed by atoms with Crippen LogP contribution in [0.25, 0.3) is 0 Å². The number of aryl methyl sites for hydroxylation is 1. The minimum absolute atomic E-state index is 0.0739. The van der Waals surface area contributed by atoms with Crippen molar-refractivity contribution < 1.29 is 13.2 Å². The van der Waals surface area contributed by atoms with E-state index < -0.39 is 15.6 Å². The highest BCUT2D eigenvalue weighted by molar-refractivity contribution is 7.89. The Hall–Kier alpha value is -1.89. The summed E-state index contributed by atoms with van der Waals surface area (Å²) in [5.41, 5.74) is 1.73. The first-order chi connectivity index (χ1) is 12.4. The smallest absolute Gasteiger partial charge is 0.253 e. The summed E-state index contributed by atoms with van der Waals surface area (Å²) in [5, 5.41) is 0.0739. The normalized spacial score (nSPS) is 12.1. The third kappa shape index (κ3) is 5.54. The number of carbonyl (C=O) groups is 1. The van der Waals surface area contributed by atoms with Gasteiger partial charge in [-0.05, 0) is 57.0 Å². The quantitative estimate of drug-likeness (QED) is 0.813. The van der Waals surface area contributed by atoms with Gasteiger partial charge in [0.1, 0.15) is 4.90 Å². The monoisotopic (exact) mass is 408 g/mol. The van der Waals surface area contributed by atoms with Crippen LogP contribution < -0.4 is 4.72 Å². The molecule has 0 aliphatic carbocycles. The van der Waals surface area contributed by atoms with E-state index in [-0.39, 0.29) is 21.4 Å². The number of benzene rings is 2. The van der Waals surface area contributed by atoms with E-state index in [1.807, 2.05) is 31.2 Å². The lowest BCUT2D eigenvalue weighted by atomic mass is 10.1. The molecular formula is C20H25ClN2O3S. The highest BCUT2D eigenvalue weighted by Gasteiger charge is 2.26. The Kier molecular flexibility index (Phi) is 6.35. The summed E-state index contributed by atoms with van der Waals surface area (Å²) in [6.45, 7) is 7.63. The molecule has 0 saturated heterocycles. The van der Waals surface area contributed by atoms with Crippen molar-refractivity contribution >= 4 is 27.5 Å². The van der Waals surface area contributed by atoms with Crippen LogP contribution in [-0.4, -0.2) is 31.8 Å². The number of halogens is 1. The summed E-state index contributed by atoms with van der Waals surface area (Å²) >= 11 is 6.10. The molecule has 0 bridgehead atoms. The predicted octanol–water partition coefficient (Wildman–Crippen LogP) is 4.00. The first kappa shape index (κ1) is 21.4. The van der Waals surface area contributed by atoms with Gasteiger partial charge in [-0.25, -0.2) is 13.1 Å². The van der Waals surface area contributed by atoms with Gasteiger partial charge in [-0.3, -0.25) is 4.79 Å². The minimum atomic E-state index is -3.85. The Balaban J connectivity index is 2.31. The average molecular weight is 409 g/mol. The van der Waals surface area contributed by atoms with Gasteiger partial charge in [-0.1, -0.05) is 35.9 Å². The van der Waals surface area contributed by atoms with E-state index in [1.54, 1.807) is 32.7 Å². The number of hydrogen-bond donors (Lipinski definition) is 1. The summed E-state index contributed by atoms with van der Waals surface area (Å²) < 4.78 is 27.8. The lowest BCUT2D eigenvalue weighted by Gasteiger charge is -2.22. The first-order valence-corrected chi connectivity index (χ1v) is 10.4. The van der Waals surface area contributed by atoms with Crippen LogP contribution in [0.15, 0.2) is 47.4 Å². The molecule has 0 saturated carbocycles. The minimum Gasteiger partial charge on any atom is -0.337 e. The van der Waals surface area contributed by atoms with Crippen molar-refractivity contribution in [1.82, 2.24) is 9.62 Å². The molecule has 2 rings (SSSR count). The second kappa shape index (κ2) is 8.00. The molecule has 7 heteroatoms. The molecule has 0 aliphatic heterocycles. The van der Waals surface area contributed by atoms with E-state index >= 15 is 0 Å². The van der Waals surface area contributed by atoms with E-state index in [2.05, 4.69) is 4.72 Å². The molecule has 146 valence electrons. The van der Waals surface area contributed by atoms with Crippen molar-refractivity contribution in [3.8, 4) is 0 Å². The summed E-state index contributed by atoms with van der Waals surface area (Å²) in [7, 11) is -2.16. The molecule has 0 spiro atoms. The second-order valence-electron chi connectivity index (χ2n) is 7.59. The third-order valence-electron chi connectivity index (χ3n) is 3.92. The van der Waals surface area contributed by atoms with Gasteiger partial charge in [0.25, 0.3) is 5.91 Å². The standard InChI is InChI=1S/C20H25ClN2O3S/c1-14-8-6-7-9-16(14)13-23(5)19(24)15-10-11-17(21)18(12-15)27(25,26)22-20(2,3)4/h6-12,22H,13H2,1-5H3. The van der Waals surface area contributed by atoms with Crippen LogP contribution in [0.4, 0.5) is 0 Å². The van der Waals surface area contributed by atoms with Crippen LogP contribution in [0.5, 0.6) is 0 Å². The molecule has 0 atom stereocenters.